The predicted octanol–water partition coefficient (Wildman–Crippen LogP) is 4.15. The van der Waals surface area contributed by atoms with Gasteiger partial charge in [-0.2, -0.15) is 0 Å². The fourth-order valence-corrected chi connectivity index (χ4v) is 6.77. The molecule has 0 radical (unpaired) electrons. The molecule has 0 spiro atoms. The second-order valence-corrected chi connectivity index (χ2v) is 10.9. The van der Waals surface area contributed by atoms with E-state index >= 15 is 0 Å². The Morgan fingerprint density at radius 1 is 1.16 bits per heavy atom. The molecule has 2 saturated heterocycles. The fourth-order valence-electron chi connectivity index (χ4n) is 5.29. The molecule has 1 saturated carbocycles. The van der Waals surface area contributed by atoms with Crippen molar-refractivity contribution in [1.29, 1.82) is 0 Å². The molecule has 4 rings (SSSR count). The third kappa shape index (κ3) is 6.16. The lowest BCUT2D eigenvalue weighted by atomic mass is 9.93. The number of fused-ring (bicyclic) bond motifs is 1. The van der Waals surface area contributed by atoms with E-state index in [1.54, 1.807) is 11.8 Å². The summed E-state index contributed by atoms with van der Waals surface area (Å²) in [4.78, 5) is 31.2. The maximum absolute atomic E-state index is 13.3. The summed E-state index contributed by atoms with van der Waals surface area (Å²) < 4.78 is 0. The van der Waals surface area contributed by atoms with Gasteiger partial charge in [0.1, 0.15) is 6.54 Å². The lowest BCUT2D eigenvalue weighted by Crippen LogP contribution is -2.54. The molecule has 2 heterocycles. The number of piperidine rings is 1. The molecule has 174 valence electrons. The SMILES string of the molecule is CC1CCCN(CCCNC(=O)CN2C(=O)/C(=C/c3ccccc3)SC3CCCCC32)C1. The minimum absolute atomic E-state index is 0.0134. The predicted molar refractivity (Wildman–Crippen MR) is 132 cm³/mol. The van der Waals surface area contributed by atoms with E-state index in [0.717, 1.165) is 48.6 Å². The van der Waals surface area contributed by atoms with Gasteiger partial charge >= 0.3 is 0 Å². The van der Waals surface area contributed by atoms with Crippen molar-refractivity contribution < 1.29 is 9.59 Å². The highest BCUT2D eigenvalue weighted by Gasteiger charge is 2.41. The smallest absolute Gasteiger partial charge is 0.261 e. The molecule has 3 aliphatic rings. The molecule has 3 unspecified atom stereocenters. The Morgan fingerprint density at radius 2 is 1.97 bits per heavy atom. The van der Waals surface area contributed by atoms with Gasteiger partial charge in [-0.25, -0.2) is 0 Å². The van der Waals surface area contributed by atoms with Crippen LogP contribution in [0.15, 0.2) is 35.2 Å². The van der Waals surface area contributed by atoms with Crippen LogP contribution < -0.4 is 5.32 Å². The largest absolute Gasteiger partial charge is 0.355 e. The summed E-state index contributed by atoms with van der Waals surface area (Å²) >= 11 is 1.72. The van der Waals surface area contributed by atoms with Gasteiger partial charge in [0.05, 0.1) is 4.91 Å². The number of rotatable bonds is 7. The number of carbonyl (C=O) groups is 2. The van der Waals surface area contributed by atoms with Crippen LogP contribution in [0.25, 0.3) is 6.08 Å². The van der Waals surface area contributed by atoms with Gasteiger partial charge in [0.25, 0.3) is 5.91 Å². The number of likely N-dealkylation sites (tertiary alicyclic amines) is 1. The highest BCUT2D eigenvalue weighted by molar-refractivity contribution is 8.04. The average molecular weight is 456 g/mol. The van der Waals surface area contributed by atoms with Crippen molar-refractivity contribution in [1.82, 2.24) is 15.1 Å². The van der Waals surface area contributed by atoms with E-state index in [0.29, 0.717) is 11.8 Å². The first kappa shape index (κ1) is 23.4. The summed E-state index contributed by atoms with van der Waals surface area (Å²) in [6.45, 7) is 6.57. The van der Waals surface area contributed by atoms with E-state index in [2.05, 4.69) is 17.1 Å². The third-order valence-corrected chi connectivity index (χ3v) is 8.34. The second kappa shape index (κ2) is 11.4. The van der Waals surface area contributed by atoms with Crippen LogP contribution in [-0.2, 0) is 9.59 Å². The molecule has 1 aromatic carbocycles. The molecule has 1 aromatic rings. The molecule has 3 fully saturated rings. The van der Waals surface area contributed by atoms with Crippen molar-refractivity contribution in [3.8, 4) is 0 Å². The molecule has 5 nitrogen and oxygen atoms in total. The zero-order valence-electron chi connectivity index (χ0n) is 19.3. The summed E-state index contributed by atoms with van der Waals surface area (Å²) in [5.41, 5.74) is 1.04. The zero-order valence-corrected chi connectivity index (χ0v) is 20.1. The van der Waals surface area contributed by atoms with Gasteiger partial charge in [0, 0.05) is 24.4 Å². The lowest BCUT2D eigenvalue weighted by molar-refractivity contribution is -0.135. The van der Waals surface area contributed by atoms with Crippen LogP contribution >= 0.6 is 11.8 Å². The first-order chi connectivity index (χ1) is 15.6. The van der Waals surface area contributed by atoms with Crippen LogP contribution in [0.5, 0.6) is 0 Å². The van der Waals surface area contributed by atoms with Crippen molar-refractivity contribution in [3.05, 3.63) is 40.8 Å². The highest BCUT2D eigenvalue weighted by Crippen LogP contribution is 2.42. The quantitative estimate of drug-likeness (QED) is 0.496. The number of nitrogens with zero attached hydrogens (tertiary/aromatic N) is 2. The first-order valence-electron chi connectivity index (χ1n) is 12.3. The van der Waals surface area contributed by atoms with E-state index in [1.165, 1.54) is 32.4 Å². The van der Waals surface area contributed by atoms with Gasteiger partial charge in [0.15, 0.2) is 0 Å². The molecule has 2 aliphatic heterocycles. The normalized spacial score (nSPS) is 27.9. The van der Waals surface area contributed by atoms with Crippen molar-refractivity contribution >= 4 is 29.7 Å². The third-order valence-electron chi connectivity index (χ3n) is 6.94. The van der Waals surface area contributed by atoms with E-state index in [-0.39, 0.29) is 24.4 Å². The van der Waals surface area contributed by atoms with Crippen LogP contribution in [0.2, 0.25) is 0 Å². The molecular weight excluding hydrogens is 418 g/mol. The van der Waals surface area contributed by atoms with Crippen molar-refractivity contribution in [2.24, 2.45) is 5.92 Å². The number of hydrogen-bond acceptors (Lipinski definition) is 4. The molecule has 2 amide bonds. The minimum atomic E-state index is -0.0272. The fraction of sp³-hybridized carbons (Fsp3) is 0.615. The minimum Gasteiger partial charge on any atom is -0.355 e. The van der Waals surface area contributed by atoms with Gasteiger partial charge in [-0.05, 0) is 62.8 Å². The van der Waals surface area contributed by atoms with Crippen LogP contribution in [0.4, 0.5) is 0 Å². The van der Waals surface area contributed by atoms with Crippen LogP contribution in [0.1, 0.15) is 57.4 Å². The number of benzene rings is 1. The maximum Gasteiger partial charge on any atom is 0.261 e. The summed E-state index contributed by atoms with van der Waals surface area (Å²) in [5, 5.41) is 3.47. The van der Waals surface area contributed by atoms with Gasteiger partial charge in [-0.15, -0.1) is 11.8 Å². The molecule has 1 N–H and O–H groups in total. The molecule has 0 aromatic heterocycles. The number of hydrogen-bond donors (Lipinski definition) is 1. The molecule has 6 heteroatoms. The zero-order chi connectivity index (χ0) is 22.3. The molecule has 1 aliphatic carbocycles. The second-order valence-electron chi connectivity index (χ2n) is 9.61. The van der Waals surface area contributed by atoms with Crippen LogP contribution in [-0.4, -0.2) is 65.6 Å². The van der Waals surface area contributed by atoms with Crippen LogP contribution in [0.3, 0.4) is 0 Å². The number of nitrogens with one attached hydrogen (secondary N) is 1. The van der Waals surface area contributed by atoms with E-state index in [9.17, 15) is 9.59 Å². The maximum atomic E-state index is 13.3. The summed E-state index contributed by atoms with van der Waals surface area (Å²) in [5.74, 6) is 0.767. The Morgan fingerprint density at radius 3 is 2.78 bits per heavy atom. The standard InChI is InChI=1S/C26H37N3O2S/c1-20-9-7-15-28(18-20)16-8-14-27-25(30)19-29-22-12-5-6-13-23(22)32-24(26(29)31)17-21-10-3-2-4-11-21/h2-4,10-11,17,20,22-23H,5-9,12-16,18-19H2,1H3,(H,27,30)/b24-17-. The first-order valence-corrected chi connectivity index (χ1v) is 13.2. The van der Waals surface area contributed by atoms with E-state index in [1.807, 2.05) is 41.3 Å². The van der Waals surface area contributed by atoms with Gasteiger partial charge in [0.2, 0.25) is 5.91 Å². The molecule has 3 atom stereocenters. The number of amides is 2. The molecule has 32 heavy (non-hydrogen) atoms. The van der Waals surface area contributed by atoms with Crippen molar-refractivity contribution in [2.45, 2.75) is 63.2 Å². The Hall–Kier alpha value is -1.79. The number of carbonyl (C=O) groups excluding carboxylic acids is 2. The number of thioether (sulfide) groups is 1. The Bertz CT molecular complexity index is 813. The van der Waals surface area contributed by atoms with Gasteiger partial charge in [-0.1, -0.05) is 50.1 Å². The van der Waals surface area contributed by atoms with Crippen molar-refractivity contribution in [2.75, 3.05) is 32.7 Å². The lowest BCUT2D eigenvalue weighted by Gasteiger charge is -2.43. The summed E-state index contributed by atoms with van der Waals surface area (Å²) in [6.07, 6.45) is 10.0. The highest BCUT2D eigenvalue weighted by atomic mass is 32.2. The monoisotopic (exact) mass is 455 g/mol. The van der Waals surface area contributed by atoms with Crippen LogP contribution in [0, 0.1) is 5.92 Å². The van der Waals surface area contributed by atoms with E-state index in [4.69, 9.17) is 0 Å². The summed E-state index contributed by atoms with van der Waals surface area (Å²) in [7, 11) is 0. The average Bonchev–Trinajstić information content (AvgIpc) is 2.80. The van der Waals surface area contributed by atoms with E-state index < -0.39 is 0 Å². The Labute approximate surface area is 197 Å². The van der Waals surface area contributed by atoms with Crippen molar-refractivity contribution in [3.63, 3.8) is 0 Å². The summed E-state index contributed by atoms with van der Waals surface area (Å²) in [6, 6.07) is 10.2. The van der Waals surface area contributed by atoms with Gasteiger partial charge < -0.3 is 15.1 Å². The molecular formula is C26H37N3O2S. The Kier molecular flexibility index (Phi) is 8.31. The molecule has 0 bridgehead atoms. The Balaban J connectivity index is 1.33. The van der Waals surface area contributed by atoms with Gasteiger partial charge in [-0.3, -0.25) is 9.59 Å². The topological polar surface area (TPSA) is 52.7 Å².